The van der Waals surface area contributed by atoms with Crippen molar-refractivity contribution in [2.45, 2.75) is 53.6 Å². The summed E-state index contributed by atoms with van der Waals surface area (Å²) in [5, 5.41) is 15.3. The molecule has 194 valence electrons. The van der Waals surface area contributed by atoms with Crippen LogP contribution in [0.2, 0.25) is 0 Å². The summed E-state index contributed by atoms with van der Waals surface area (Å²) in [4.78, 5) is 43.1. The van der Waals surface area contributed by atoms with E-state index in [4.69, 9.17) is 0 Å². The number of para-hydroxylation sites is 2. The van der Waals surface area contributed by atoms with Crippen molar-refractivity contribution >= 4 is 34.4 Å². The molecule has 0 fully saturated rings. The summed E-state index contributed by atoms with van der Waals surface area (Å²) in [6.07, 6.45) is 0.744. The number of aromatic amines is 1. The summed E-state index contributed by atoms with van der Waals surface area (Å²) in [6.45, 7) is 10.7. The summed E-state index contributed by atoms with van der Waals surface area (Å²) < 4.78 is 0. The molecule has 1 atom stereocenters. The van der Waals surface area contributed by atoms with Crippen LogP contribution in [-0.4, -0.2) is 48.5 Å². The zero-order valence-corrected chi connectivity index (χ0v) is 22.5. The van der Waals surface area contributed by atoms with Crippen LogP contribution in [0.3, 0.4) is 0 Å². The van der Waals surface area contributed by atoms with Crippen molar-refractivity contribution in [1.29, 1.82) is 0 Å². The minimum atomic E-state index is -1.04. The van der Waals surface area contributed by atoms with Crippen LogP contribution in [0.15, 0.2) is 41.9 Å². The van der Waals surface area contributed by atoms with Gasteiger partial charge in [0.1, 0.15) is 11.5 Å². The van der Waals surface area contributed by atoms with Gasteiger partial charge in [0.2, 0.25) is 0 Å². The highest BCUT2D eigenvalue weighted by Crippen LogP contribution is 2.37. The van der Waals surface area contributed by atoms with Crippen LogP contribution >= 0.6 is 11.3 Å². The minimum Gasteiger partial charge on any atom is -0.465 e. The van der Waals surface area contributed by atoms with Gasteiger partial charge in [-0.1, -0.05) is 39.0 Å². The monoisotopic (exact) mass is 520 g/mol. The Morgan fingerprint density at radius 2 is 1.95 bits per heavy atom. The molecule has 0 radical (unpaired) electrons. The number of carbonyl (C=O) groups excluding carboxylic acids is 1. The highest BCUT2D eigenvalue weighted by Gasteiger charge is 2.33. The van der Waals surface area contributed by atoms with Gasteiger partial charge in [0, 0.05) is 24.0 Å². The van der Waals surface area contributed by atoms with Crippen LogP contribution in [-0.2, 0) is 13.1 Å². The molecule has 0 saturated heterocycles. The molecule has 0 saturated carbocycles. The first-order valence-electron chi connectivity index (χ1n) is 12.1. The average Bonchev–Trinajstić information content (AvgIpc) is 3.47. The highest BCUT2D eigenvalue weighted by atomic mass is 32.1. The van der Waals surface area contributed by atoms with Gasteiger partial charge in [0.25, 0.3) is 5.91 Å². The van der Waals surface area contributed by atoms with Gasteiger partial charge in [-0.05, 0) is 42.5 Å². The van der Waals surface area contributed by atoms with Gasteiger partial charge in [0.05, 0.1) is 34.8 Å². The second kappa shape index (κ2) is 10.7. The third kappa shape index (κ3) is 6.32. The van der Waals surface area contributed by atoms with Crippen LogP contribution in [0.5, 0.6) is 0 Å². The molecule has 0 aliphatic heterocycles. The maximum absolute atomic E-state index is 12.8. The largest absolute Gasteiger partial charge is 0.465 e. The number of pyridine rings is 1. The quantitative estimate of drug-likeness (QED) is 0.291. The summed E-state index contributed by atoms with van der Waals surface area (Å²) in [5.41, 5.74) is 4.58. The fourth-order valence-corrected chi connectivity index (χ4v) is 5.29. The number of carboxylic acid groups (broad SMARTS) is 1. The molecule has 3 aromatic heterocycles. The number of fused-ring (bicyclic) bond motifs is 1. The molecule has 0 spiro atoms. The van der Waals surface area contributed by atoms with E-state index in [1.54, 1.807) is 11.6 Å². The van der Waals surface area contributed by atoms with Crippen molar-refractivity contribution in [3.05, 3.63) is 75.3 Å². The first kappa shape index (κ1) is 26.3. The Morgan fingerprint density at radius 3 is 2.62 bits per heavy atom. The third-order valence-electron chi connectivity index (χ3n) is 6.29. The number of thiazole rings is 1. The van der Waals surface area contributed by atoms with Crippen LogP contribution in [0.25, 0.3) is 11.0 Å². The molecule has 1 unspecified atom stereocenters. The fourth-order valence-electron chi connectivity index (χ4n) is 4.15. The molecule has 0 aliphatic rings. The standard InChI is InChI=1S/C27H32N6O3S/c1-16-10-17(2)21(28-11-16)12-29-24(34)22-15-37-25(32-22)18(27(3,4)5)13-33(26(35)36)14-23-30-19-8-6-7-9-20(19)31-23/h6-11,15,18H,12-14H2,1-5H3,(H,29,34)(H,30,31)(H,35,36). The van der Waals surface area contributed by atoms with Crippen molar-refractivity contribution < 1.29 is 14.7 Å². The number of nitrogens with one attached hydrogen (secondary N) is 2. The number of amides is 2. The Labute approximate surface area is 220 Å². The molecule has 4 rings (SSSR count). The molecular weight excluding hydrogens is 488 g/mol. The zero-order chi connectivity index (χ0) is 26.7. The predicted octanol–water partition coefficient (Wildman–Crippen LogP) is 5.27. The number of hydrogen-bond acceptors (Lipinski definition) is 6. The Bertz CT molecular complexity index is 1390. The number of rotatable bonds is 8. The molecule has 2 amide bonds. The average molecular weight is 521 g/mol. The molecule has 3 heterocycles. The van der Waals surface area contributed by atoms with E-state index in [2.05, 4.69) is 25.3 Å². The number of H-pyrrole nitrogens is 1. The van der Waals surface area contributed by atoms with Crippen molar-refractivity contribution in [3.8, 4) is 0 Å². The van der Waals surface area contributed by atoms with Gasteiger partial charge >= 0.3 is 6.09 Å². The maximum atomic E-state index is 12.8. The Kier molecular flexibility index (Phi) is 7.58. The number of aromatic nitrogens is 4. The van der Waals surface area contributed by atoms with Gasteiger partial charge in [-0.25, -0.2) is 14.8 Å². The van der Waals surface area contributed by atoms with Gasteiger partial charge in [-0.3, -0.25) is 9.78 Å². The molecule has 9 nitrogen and oxygen atoms in total. The van der Waals surface area contributed by atoms with E-state index in [0.717, 1.165) is 32.9 Å². The summed E-state index contributed by atoms with van der Waals surface area (Å²) in [5.74, 6) is 0.0744. The lowest BCUT2D eigenvalue weighted by molar-refractivity contribution is 0.0944. The number of aryl methyl sites for hydroxylation is 2. The van der Waals surface area contributed by atoms with E-state index in [1.165, 1.54) is 16.2 Å². The van der Waals surface area contributed by atoms with Crippen molar-refractivity contribution in [3.63, 3.8) is 0 Å². The van der Waals surface area contributed by atoms with Crippen LogP contribution < -0.4 is 5.32 Å². The smallest absolute Gasteiger partial charge is 0.407 e. The Morgan fingerprint density at radius 1 is 1.19 bits per heavy atom. The summed E-state index contributed by atoms with van der Waals surface area (Å²) >= 11 is 1.37. The number of hydrogen-bond donors (Lipinski definition) is 3. The normalized spacial score (nSPS) is 12.5. The number of imidazole rings is 1. The van der Waals surface area contributed by atoms with Crippen LogP contribution in [0.1, 0.15) is 64.8 Å². The lowest BCUT2D eigenvalue weighted by Crippen LogP contribution is -2.37. The SMILES string of the molecule is Cc1cnc(CNC(=O)c2csc(C(CN(Cc3nc4ccccc4[nH]3)C(=O)O)C(C)(C)C)n2)c(C)c1. The second-order valence-electron chi connectivity index (χ2n) is 10.3. The fraction of sp³-hybridized carbons (Fsp3) is 0.370. The maximum Gasteiger partial charge on any atom is 0.407 e. The van der Waals surface area contributed by atoms with Gasteiger partial charge in [-0.15, -0.1) is 11.3 Å². The van der Waals surface area contributed by atoms with Gasteiger partial charge in [0.15, 0.2) is 0 Å². The molecular formula is C27H32N6O3S. The van der Waals surface area contributed by atoms with E-state index in [0.29, 0.717) is 18.1 Å². The molecule has 3 N–H and O–H groups in total. The van der Waals surface area contributed by atoms with E-state index < -0.39 is 6.09 Å². The molecule has 0 bridgehead atoms. The molecule has 0 aliphatic carbocycles. The van der Waals surface area contributed by atoms with Crippen molar-refractivity contribution in [2.24, 2.45) is 5.41 Å². The Balaban J connectivity index is 1.49. The van der Waals surface area contributed by atoms with Crippen molar-refractivity contribution in [2.75, 3.05) is 6.54 Å². The lowest BCUT2D eigenvalue weighted by atomic mass is 9.80. The summed E-state index contributed by atoms with van der Waals surface area (Å²) in [6, 6.07) is 9.63. The van der Waals surface area contributed by atoms with Crippen LogP contribution in [0.4, 0.5) is 4.79 Å². The van der Waals surface area contributed by atoms with Gasteiger partial charge in [-0.2, -0.15) is 0 Å². The summed E-state index contributed by atoms with van der Waals surface area (Å²) in [7, 11) is 0. The predicted molar refractivity (Wildman–Crippen MR) is 144 cm³/mol. The first-order valence-corrected chi connectivity index (χ1v) is 13.0. The van der Waals surface area contributed by atoms with E-state index >= 15 is 0 Å². The van der Waals surface area contributed by atoms with E-state index in [1.807, 2.05) is 65.0 Å². The first-order chi connectivity index (χ1) is 17.5. The molecule has 10 heteroatoms. The molecule has 4 aromatic rings. The third-order valence-corrected chi connectivity index (χ3v) is 7.25. The van der Waals surface area contributed by atoms with Crippen LogP contribution in [0, 0.1) is 19.3 Å². The van der Waals surface area contributed by atoms with E-state index in [-0.39, 0.29) is 30.3 Å². The van der Waals surface area contributed by atoms with Gasteiger partial charge < -0.3 is 20.3 Å². The van der Waals surface area contributed by atoms with E-state index in [9.17, 15) is 14.7 Å². The lowest BCUT2D eigenvalue weighted by Gasteiger charge is -2.32. The molecule has 1 aromatic carbocycles. The van der Waals surface area contributed by atoms with Crippen molar-refractivity contribution in [1.82, 2.24) is 30.2 Å². The zero-order valence-electron chi connectivity index (χ0n) is 21.7. The number of nitrogens with zero attached hydrogens (tertiary/aromatic N) is 4. The Hall–Kier alpha value is -3.79. The minimum absolute atomic E-state index is 0.123. The molecule has 37 heavy (non-hydrogen) atoms. The highest BCUT2D eigenvalue weighted by molar-refractivity contribution is 7.10. The number of benzene rings is 1. The number of carbonyl (C=O) groups is 2. The second-order valence-corrected chi connectivity index (χ2v) is 11.2. The topological polar surface area (TPSA) is 124 Å².